The summed E-state index contributed by atoms with van der Waals surface area (Å²) in [5.74, 6) is -0.610. The van der Waals surface area contributed by atoms with Crippen LogP contribution in [0.1, 0.15) is 181 Å². The maximum absolute atomic E-state index is 12.1. The number of aliphatic hydroxyl groups excluding tert-OH is 1. The lowest BCUT2D eigenvalue weighted by molar-refractivity contribution is -0.161. The van der Waals surface area contributed by atoms with E-state index in [1.54, 1.807) is 0 Å². The lowest BCUT2D eigenvalue weighted by atomic mass is 10.1. The number of carbonyl (C=O) groups excluding carboxylic acids is 2. The van der Waals surface area contributed by atoms with E-state index in [1.165, 1.54) is 96.3 Å². The maximum atomic E-state index is 12.1. The van der Waals surface area contributed by atoms with Gasteiger partial charge in [-0.1, -0.05) is 134 Å². The molecule has 0 bridgehead atoms. The zero-order valence-electron chi connectivity index (χ0n) is 28.9. The molecular formula is C39H70O5. The summed E-state index contributed by atoms with van der Waals surface area (Å²) < 4.78 is 10.6. The predicted molar refractivity (Wildman–Crippen MR) is 187 cm³/mol. The fourth-order valence-corrected chi connectivity index (χ4v) is 5.05. The van der Waals surface area contributed by atoms with E-state index >= 15 is 0 Å². The van der Waals surface area contributed by atoms with E-state index in [1.807, 2.05) is 0 Å². The van der Waals surface area contributed by atoms with Gasteiger partial charge in [0, 0.05) is 12.8 Å². The number of aliphatic hydroxyl groups is 1. The van der Waals surface area contributed by atoms with Crippen molar-refractivity contribution >= 4 is 11.9 Å². The van der Waals surface area contributed by atoms with Crippen LogP contribution in [0.3, 0.4) is 0 Å². The molecule has 0 aliphatic heterocycles. The minimum atomic E-state index is -0.776. The van der Waals surface area contributed by atoms with Crippen molar-refractivity contribution in [1.82, 2.24) is 0 Å². The van der Waals surface area contributed by atoms with Gasteiger partial charge in [0.15, 0.2) is 6.10 Å². The molecule has 44 heavy (non-hydrogen) atoms. The van der Waals surface area contributed by atoms with Gasteiger partial charge in [0.1, 0.15) is 6.61 Å². The van der Waals surface area contributed by atoms with Crippen LogP contribution >= 0.6 is 0 Å². The number of esters is 2. The molecule has 0 aliphatic rings. The second kappa shape index (κ2) is 35.6. The molecule has 0 spiro atoms. The van der Waals surface area contributed by atoms with Crippen LogP contribution in [-0.4, -0.2) is 36.4 Å². The Hall–Kier alpha value is -1.88. The second-order valence-corrected chi connectivity index (χ2v) is 12.3. The molecule has 0 aromatic rings. The largest absolute Gasteiger partial charge is 0.462 e. The number of unbranched alkanes of at least 4 members (excludes halogenated alkanes) is 19. The van der Waals surface area contributed by atoms with Crippen LogP contribution in [-0.2, 0) is 19.1 Å². The zero-order chi connectivity index (χ0) is 32.2. The lowest BCUT2D eigenvalue weighted by Gasteiger charge is -2.15. The van der Waals surface area contributed by atoms with Gasteiger partial charge in [-0.15, -0.1) is 0 Å². The Kier molecular flexibility index (Phi) is 34.1. The lowest BCUT2D eigenvalue weighted by Crippen LogP contribution is -2.28. The Labute approximate surface area is 272 Å². The van der Waals surface area contributed by atoms with Gasteiger partial charge in [-0.05, 0) is 70.6 Å². The molecule has 1 atom stereocenters. The summed E-state index contributed by atoms with van der Waals surface area (Å²) in [5.41, 5.74) is 0. The molecular weight excluding hydrogens is 548 g/mol. The van der Waals surface area contributed by atoms with Gasteiger partial charge in [0.05, 0.1) is 6.61 Å². The van der Waals surface area contributed by atoms with Crippen molar-refractivity contribution in [2.75, 3.05) is 13.2 Å². The van der Waals surface area contributed by atoms with Crippen molar-refractivity contribution in [2.45, 2.75) is 187 Å². The predicted octanol–water partition coefficient (Wildman–Crippen LogP) is 11.3. The Bertz CT molecular complexity index is 711. The second-order valence-electron chi connectivity index (χ2n) is 12.3. The van der Waals surface area contributed by atoms with Crippen LogP contribution in [0.5, 0.6) is 0 Å². The van der Waals surface area contributed by atoms with Crippen molar-refractivity contribution in [3.05, 3.63) is 36.5 Å². The van der Waals surface area contributed by atoms with Crippen molar-refractivity contribution in [3.63, 3.8) is 0 Å². The van der Waals surface area contributed by atoms with Gasteiger partial charge in [0.25, 0.3) is 0 Å². The third-order valence-corrected chi connectivity index (χ3v) is 7.91. The molecule has 0 saturated carbocycles. The van der Waals surface area contributed by atoms with Crippen LogP contribution < -0.4 is 0 Å². The van der Waals surface area contributed by atoms with Gasteiger partial charge in [0.2, 0.25) is 0 Å². The molecule has 0 radical (unpaired) electrons. The van der Waals surface area contributed by atoms with Crippen LogP contribution in [0.15, 0.2) is 36.5 Å². The first-order valence-electron chi connectivity index (χ1n) is 18.5. The van der Waals surface area contributed by atoms with E-state index in [4.69, 9.17) is 9.47 Å². The molecule has 0 amide bonds. The number of allylic oxidation sites excluding steroid dienone is 6. The summed E-state index contributed by atoms with van der Waals surface area (Å²) >= 11 is 0. The Balaban J connectivity index is 3.59. The molecule has 0 saturated heterocycles. The number of ether oxygens (including phenoxy) is 2. The van der Waals surface area contributed by atoms with E-state index in [9.17, 15) is 14.7 Å². The SMILES string of the molecule is CCCCC/C=C\C/C=C\CCCCCCCCCC(=O)OC(CO)COC(=O)CCCCCCC/C=C\CCCCCC. The molecule has 0 rings (SSSR count). The average molecular weight is 619 g/mol. The fraction of sp³-hybridized carbons (Fsp3) is 0.795. The van der Waals surface area contributed by atoms with E-state index < -0.39 is 6.10 Å². The third kappa shape index (κ3) is 33.0. The van der Waals surface area contributed by atoms with Crippen molar-refractivity contribution < 1.29 is 24.2 Å². The van der Waals surface area contributed by atoms with Crippen molar-refractivity contribution in [1.29, 1.82) is 0 Å². The van der Waals surface area contributed by atoms with Gasteiger partial charge in [-0.2, -0.15) is 0 Å². The third-order valence-electron chi connectivity index (χ3n) is 7.91. The first-order valence-corrected chi connectivity index (χ1v) is 18.5. The average Bonchev–Trinajstić information content (AvgIpc) is 3.02. The monoisotopic (exact) mass is 619 g/mol. The zero-order valence-corrected chi connectivity index (χ0v) is 28.9. The molecule has 256 valence electrons. The highest BCUT2D eigenvalue weighted by Gasteiger charge is 2.16. The van der Waals surface area contributed by atoms with Gasteiger partial charge >= 0.3 is 11.9 Å². The van der Waals surface area contributed by atoms with E-state index in [0.717, 1.165) is 57.8 Å². The molecule has 0 aromatic carbocycles. The minimum absolute atomic E-state index is 0.0726. The minimum Gasteiger partial charge on any atom is -0.462 e. The summed E-state index contributed by atoms with van der Waals surface area (Å²) in [6.45, 7) is 4.07. The summed E-state index contributed by atoms with van der Waals surface area (Å²) in [6, 6.07) is 0. The normalized spacial score (nSPS) is 12.5. The maximum Gasteiger partial charge on any atom is 0.306 e. The summed E-state index contributed by atoms with van der Waals surface area (Å²) in [7, 11) is 0. The molecule has 1 N–H and O–H groups in total. The van der Waals surface area contributed by atoms with Crippen LogP contribution in [0, 0.1) is 0 Å². The molecule has 0 aliphatic carbocycles. The van der Waals surface area contributed by atoms with E-state index in [0.29, 0.717) is 12.8 Å². The van der Waals surface area contributed by atoms with Gasteiger partial charge < -0.3 is 14.6 Å². The first kappa shape index (κ1) is 42.1. The highest BCUT2D eigenvalue weighted by molar-refractivity contribution is 5.70. The standard InChI is InChI=1S/C39H70O5/c1-3-5-7-9-11-13-15-17-18-19-20-22-24-26-28-30-32-34-39(42)44-37(35-40)36-43-38(41)33-31-29-27-25-23-21-16-14-12-10-8-6-4-2/h11,13-14,16-18,37,40H,3-10,12,15,19-36H2,1-2H3/b13-11-,16-14-,18-17-. The first-order chi connectivity index (χ1) is 21.6. The Morgan fingerprint density at radius 1 is 0.523 bits per heavy atom. The van der Waals surface area contributed by atoms with Gasteiger partial charge in [-0.3, -0.25) is 9.59 Å². The molecule has 0 heterocycles. The van der Waals surface area contributed by atoms with Gasteiger partial charge in [-0.25, -0.2) is 0 Å². The molecule has 1 unspecified atom stereocenters. The topological polar surface area (TPSA) is 72.8 Å². The van der Waals surface area contributed by atoms with Crippen molar-refractivity contribution in [3.8, 4) is 0 Å². The highest BCUT2D eigenvalue weighted by atomic mass is 16.6. The Morgan fingerprint density at radius 3 is 1.41 bits per heavy atom. The number of hydrogen-bond donors (Lipinski definition) is 1. The Morgan fingerprint density at radius 2 is 0.909 bits per heavy atom. The number of rotatable bonds is 33. The quantitative estimate of drug-likeness (QED) is 0.0450. The van der Waals surface area contributed by atoms with Crippen molar-refractivity contribution in [2.24, 2.45) is 0 Å². The number of carbonyl (C=O) groups is 2. The van der Waals surface area contributed by atoms with Crippen LogP contribution in [0.4, 0.5) is 0 Å². The van der Waals surface area contributed by atoms with E-state index in [2.05, 4.69) is 50.3 Å². The fourth-order valence-electron chi connectivity index (χ4n) is 5.05. The molecule has 5 heteroatoms. The van der Waals surface area contributed by atoms with E-state index in [-0.39, 0.29) is 25.2 Å². The summed E-state index contributed by atoms with van der Waals surface area (Å²) in [5, 5.41) is 9.53. The smallest absolute Gasteiger partial charge is 0.306 e. The summed E-state index contributed by atoms with van der Waals surface area (Å²) in [6.07, 6.45) is 41.9. The van der Waals surface area contributed by atoms with Crippen LogP contribution in [0.2, 0.25) is 0 Å². The number of hydrogen-bond acceptors (Lipinski definition) is 5. The summed E-state index contributed by atoms with van der Waals surface area (Å²) in [4.78, 5) is 24.2. The molecule has 0 aromatic heterocycles. The highest BCUT2D eigenvalue weighted by Crippen LogP contribution is 2.12. The van der Waals surface area contributed by atoms with Crippen LogP contribution in [0.25, 0.3) is 0 Å². The molecule has 5 nitrogen and oxygen atoms in total. The molecule has 0 fully saturated rings.